The van der Waals surface area contributed by atoms with Gasteiger partial charge in [0.15, 0.2) is 11.5 Å². The average molecular weight is 471 g/mol. The summed E-state index contributed by atoms with van der Waals surface area (Å²) in [5, 5.41) is 2.84. The molecule has 0 radical (unpaired) electrons. The van der Waals surface area contributed by atoms with Crippen LogP contribution in [0.2, 0.25) is 0 Å². The van der Waals surface area contributed by atoms with E-state index in [1.165, 1.54) is 30.6 Å². The Bertz CT molecular complexity index is 1210. The third-order valence-corrected chi connectivity index (χ3v) is 6.91. The van der Waals surface area contributed by atoms with Crippen LogP contribution in [0, 0.1) is 0 Å². The molecular weight excluding hydrogens is 444 g/mol. The van der Waals surface area contributed by atoms with Crippen LogP contribution in [-0.4, -0.2) is 42.7 Å². The van der Waals surface area contributed by atoms with Crippen LogP contribution in [0.25, 0.3) is 0 Å². The van der Waals surface area contributed by atoms with E-state index in [2.05, 4.69) is 5.32 Å². The molecule has 0 saturated carbocycles. The molecule has 9 heteroatoms. The van der Waals surface area contributed by atoms with Gasteiger partial charge in [-0.25, -0.2) is 8.42 Å². The molecule has 0 spiro atoms. The number of amides is 1. The molecule has 1 amide bonds. The first kappa shape index (κ1) is 23.9. The first-order valence-electron chi connectivity index (χ1n) is 10.0. The fourth-order valence-corrected chi connectivity index (χ4v) is 4.34. The Morgan fingerprint density at radius 1 is 0.848 bits per heavy atom. The van der Waals surface area contributed by atoms with Gasteiger partial charge in [-0.15, -0.1) is 0 Å². The minimum absolute atomic E-state index is 0.141. The lowest BCUT2D eigenvalue weighted by Crippen LogP contribution is -2.27. The van der Waals surface area contributed by atoms with Crippen molar-refractivity contribution in [3.63, 3.8) is 0 Å². The van der Waals surface area contributed by atoms with Crippen LogP contribution in [0.3, 0.4) is 0 Å². The Kier molecular flexibility index (Phi) is 7.44. The predicted molar refractivity (Wildman–Crippen MR) is 126 cm³/mol. The van der Waals surface area contributed by atoms with Crippen LogP contribution >= 0.6 is 0 Å². The third-order valence-electron chi connectivity index (χ3n) is 5.11. The molecule has 0 aliphatic rings. The summed E-state index contributed by atoms with van der Waals surface area (Å²) in [6, 6.07) is 17.9. The topological polar surface area (TPSA) is 94.2 Å². The molecule has 0 fully saturated rings. The lowest BCUT2D eigenvalue weighted by molar-refractivity contribution is 0.0951. The highest BCUT2D eigenvalue weighted by molar-refractivity contribution is 7.92. The number of hydrogen-bond acceptors (Lipinski definition) is 6. The monoisotopic (exact) mass is 470 g/mol. The highest BCUT2D eigenvalue weighted by Crippen LogP contribution is 2.27. The van der Waals surface area contributed by atoms with Gasteiger partial charge < -0.3 is 19.5 Å². The van der Waals surface area contributed by atoms with E-state index in [9.17, 15) is 13.2 Å². The molecule has 0 aliphatic carbocycles. The number of ether oxygens (including phenoxy) is 3. The number of anilines is 1. The van der Waals surface area contributed by atoms with Crippen molar-refractivity contribution in [2.75, 3.05) is 32.7 Å². The summed E-state index contributed by atoms with van der Waals surface area (Å²) in [5.41, 5.74) is 1.69. The second-order valence-electron chi connectivity index (χ2n) is 7.07. The smallest absolute Gasteiger partial charge is 0.264 e. The van der Waals surface area contributed by atoms with Crippen molar-refractivity contribution in [1.29, 1.82) is 0 Å². The Labute approximate surface area is 193 Å². The van der Waals surface area contributed by atoms with E-state index in [-0.39, 0.29) is 10.8 Å². The number of carbonyl (C=O) groups is 1. The Hall–Kier alpha value is -3.72. The highest BCUT2D eigenvalue weighted by atomic mass is 32.2. The van der Waals surface area contributed by atoms with Gasteiger partial charge in [0.05, 0.1) is 31.9 Å². The van der Waals surface area contributed by atoms with Crippen LogP contribution < -0.4 is 23.8 Å². The quantitative estimate of drug-likeness (QED) is 0.515. The predicted octanol–water partition coefficient (Wildman–Crippen LogP) is 3.47. The lowest BCUT2D eigenvalue weighted by Gasteiger charge is -2.20. The molecule has 174 valence electrons. The molecule has 0 aromatic heterocycles. The van der Waals surface area contributed by atoms with Crippen LogP contribution in [0.15, 0.2) is 71.6 Å². The van der Waals surface area contributed by atoms with Crippen molar-refractivity contribution < 1.29 is 27.4 Å². The van der Waals surface area contributed by atoms with E-state index in [0.717, 1.165) is 5.56 Å². The zero-order valence-corrected chi connectivity index (χ0v) is 19.7. The highest BCUT2D eigenvalue weighted by Gasteiger charge is 2.21. The maximum atomic E-state index is 12.9. The molecule has 0 heterocycles. The summed E-state index contributed by atoms with van der Waals surface area (Å²) in [5.74, 6) is 1.48. The third kappa shape index (κ3) is 5.38. The summed E-state index contributed by atoms with van der Waals surface area (Å²) >= 11 is 0. The van der Waals surface area contributed by atoms with Gasteiger partial charge in [-0.05, 0) is 66.2 Å². The van der Waals surface area contributed by atoms with Crippen LogP contribution in [-0.2, 0) is 16.6 Å². The largest absolute Gasteiger partial charge is 0.497 e. The van der Waals surface area contributed by atoms with Gasteiger partial charge in [0.2, 0.25) is 0 Å². The van der Waals surface area contributed by atoms with Gasteiger partial charge in [0.1, 0.15) is 5.75 Å². The molecule has 3 aromatic rings. The number of methoxy groups -OCH3 is 3. The zero-order chi connectivity index (χ0) is 24.0. The standard InChI is InChI=1S/C24H26N2O6S/c1-26(33(28,29)21-12-10-20(30-2)11-13-21)19-8-6-18(7-9-19)24(27)25-16-17-5-14-22(31-3)23(15-17)32-4/h5-15H,16H2,1-4H3,(H,25,27). The Morgan fingerprint density at radius 2 is 1.48 bits per heavy atom. The van der Waals surface area contributed by atoms with Crippen LogP contribution in [0.1, 0.15) is 15.9 Å². The second-order valence-corrected chi connectivity index (χ2v) is 9.04. The summed E-state index contributed by atoms with van der Waals surface area (Å²) in [6.45, 7) is 0.298. The molecule has 0 unspecified atom stereocenters. The lowest BCUT2D eigenvalue weighted by atomic mass is 10.1. The van der Waals surface area contributed by atoms with Gasteiger partial charge in [-0.3, -0.25) is 9.10 Å². The summed E-state index contributed by atoms with van der Waals surface area (Å²) in [6.07, 6.45) is 0. The molecule has 33 heavy (non-hydrogen) atoms. The van der Waals surface area contributed by atoms with Gasteiger partial charge in [-0.2, -0.15) is 0 Å². The van der Waals surface area contributed by atoms with Gasteiger partial charge in [-0.1, -0.05) is 6.07 Å². The molecule has 0 atom stereocenters. The molecule has 0 saturated heterocycles. The van der Waals surface area contributed by atoms with Crippen LogP contribution in [0.5, 0.6) is 17.2 Å². The minimum atomic E-state index is -3.75. The van der Waals surface area contributed by atoms with Crippen molar-refractivity contribution in [1.82, 2.24) is 5.32 Å². The molecule has 8 nitrogen and oxygen atoms in total. The fourth-order valence-electron chi connectivity index (χ4n) is 3.14. The van der Waals surface area contributed by atoms with Gasteiger partial charge >= 0.3 is 0 Å². The first-order valence-corrected chi connectivity index (χ1v) is 11.5. The number of sulfonamides is 1. The summed E-state index contributed by atoms with van der Waals surface area (Å²) in [4.78, 5) is 12.7. The maximum absolute atomic E-state index is 12.9. The van der Waals surface area contributed by atoms with Crippen molar-refractivity contribution in [3.05, 3.63) is 77.9 Å². The number of nitrogens with one attached hydrogen (secondary N) is 1. The minimum Gasteiger partial charge on any atom is -0.497 e. The summed E-state index contributed by atoms with van der Waals surface area (Å²) in [7, 11) is 2.33. The van der Waals surface area contributed by atoms with Crippen LogP contribution in [0.4, 0.5) is 5.69 Å². The number of carbonyl (C=O) groups excluding carboxylic acids is 1. The number of rotatable bonds is 9. The maximum Gasteiger partial charge on any atom is 0.264 e. The van der Waals surface area contributed by atoms with E-state index < -0.39 is 10.0 Å². The van der Waals surface area contributed by atoms with Crippen molar-refractivity contribution >= 4 is 21.6 Å². The van der Waals surface area contributed by atoms with Gasteiger partial charge in [0.25, 0.3) is 15.9 Å². The van der Waals surface area contributed by atoms with Crippen molar-refractivity contribution in [2.24, 2.45) is 0 Å². The van der Waals surface area contributed by atoms with Crippen molar-refractivity contribution in [3.8, 4) is 17.2 Å². The number of nitrogens with zero attached hydrogens (tertiary/aromatic N) is 1. The van der Waals surface area contributed by atoms with E-state index in [4.69, 9.17) is 14.2 Å². The zero-order valence-electron chi connectivity index (χ0n) is 18.9. The fraction of sp³-hybridized carbons (Fsp3) is 0.208. The number of benzene rings is 3. The second kappa shape index (κ2) is 10.3. The molecule has 0 bridgehead atoms. The van der Waals surface area contributed by atoms with E-state index in [1.807, 2.05) is 6.07 Å². The molecule has 0 aliphatic heterocycles. The Balaban J connectivity index is 1.68. The normalized spacial score (nSPS) is 10.9. The van der Waals surface area contributed by atoms with E-state index in [1.54, 1.807) is 62.8 Å². The SMILES string of the molecule is COc1ccc(S(=O)(=O)N(C)c2ccc(C(=O)NCc3ccc(OC)c(OC)c3)cc2)cc1. The molecule has 1 N–H and O–H groups in total. The number of hydrogen-bond donors (Lipinski definition) is 1. The van der Waals surface area contributed by atoms with Gasteiger partial charge in [0, 0.05) is 19.2 Å². The first-order chi connectivity index (χ1) is 15.8. The molecular formula is C24H26N2O6S. The molecule has 3 rings (SSSR count). The molecule has 3 aromatic carbocycles. The van der Waals surface area contributed by atoms with Crippen molar-refractivity contribution in [2.45, 2.75) is 11.4 Å². The van der Waals surface area contributed by atoms with E-state index >= 15 is 0 Å². The average Bonchev–Trinajstić information content (AvgIpc) is 2.86. The Morgan fingerprint density at radius 3 is 2.06 bits per heavy atom. The summed E-state index contributed by atoms with van der Waals surface area (Å²) < 4.78 is 42.5. The van der Waals surface area contributed by atoms with E-state index in [0.29, 0.717) is 35.0 Å².